The average molecular weight is 428 g/mol. The van der Waals surface area contributed by atoms with Crippen LogP contribution < -0.4 is 10.2 Å². The first kappa shape index (κ1) is 20.9. The number of benzene rings is 2. The molecule has 7 heteroatoms. The molecule has 2 saturated heterocycles. The van der Waals surface area contributed by atoms with Gasteiger partial charge in [-0.1, -0.05) is 24.1 Å². The molecule has 2 aromatic carbocycles. The summed E-state index contributed by atoms with van der Waals surface area (Å²) in [4.78, 5) is 15.6. The minimum Gasteiger partial charge on any atom is -0.372 e. The predicted octanol–water partition coefficient (Wildman–Crippen LogP) is 3.78. The molecule has 2 aromatic rings. The van der Waals surface area contributed by atoms with E-state index in [1.807, 2.05) is 31.2 Å². The second-order valence-electron chi connectivity index (χ2n) is 8.17. The molecule has 0 spiro atoms. The van der Waals surface area contributed by atoms with Crippen LogP contribution >= 0.6 is 0 Å². The standard InChI is InChI=1S/C23H29N3O3S/c1-18-7-13-21(14-8-18)30(28,29)26-17-3-2-6-22(26)23(27)24-19-9-11-20(12-10-19)25-15-4-5-16-25/h7-14,22H,2-6,15-17H2,1H3,(H,24,27). The molecule has 2 aliphatic heterocycles. The molecule has 0 saturated carbocycles. The lowest BCUT2D eigenvalue weighted by molar-refractivity contribution is -0.120. The number of amides is 1. The average Bonchev–Trinajstić information content (AvgIpc) is 3.29. The highest BCUT2D eigenvalue weighted by molar-refractivity contribution is 7.89. The Hall–Kier alpha value is -2.38. The van der Waals surface area contributed by atoms with Crippen LogP contribution in [0.5, 0.6) is 0 Å². The molecule has 2 fully saturated rings. The van der Waals surface area contributed by atoms with Gasteiger partial charge in [0.05, 0.1) is 4.90 Å². The molecule has 0 bridgehead atoms. The summed E-state index contributed by atoms with van der Waals surface area (Å²) in [5.41, 5.74) is 2.85. The Morgan fingerprint density at radius 3 is 2.20 bits per heavy atom. The van der Waals surface area contributed by atoms with Gasteiger partial charge in [-0.05, 0) is 69.0 Å². The quantitative estimate of drug-likeness (QED) is 0.788. The summed E-state index contributed by atoms with van der Waals surface area (Å²) in [6, 6.07) is 13.9. The first-order chi connectivity index (χ1) is 14.4. The van der Waals surface area contributed by atoms with Crippen LogP contribution in [0.2, 0.25) is 0 Å². The third-order valence-electron chi connectivity index (χ3n) is 5.99. The van der Waals surface area contributed by atoms with Crippen molar-refractivity contribution >= 4 is 27.3 Å². The number of anilines is 2. The van der Waals surface area contributed by atoms with Crippen LogP contribution in [-0.4, -0.2) is 44.3 Å². The highest BCUT2D eigenvalue weighted by Crippen LogP contribution is 2.27. The number of hydrogen-bond acceptors (Lipinski definition) is 4. The van der Waals surface area contributed by atoms with Crippen molar-refractivity contribution in [3.05, 3.63) is 54.1 Å². The Bertz CT molecular complexity index is 981. The molecule has 6 nitrogen and oxygen atoms in total. The number of sulfonamides is 1. The van der Waals surface area contributed by atoms with Crippen molar-refractivity contribution in [2.75, 3.05) is 29.9 Å². The second-order valence-corrected chi connectivity index (χ2v) is 10.1. The summed E-state index contributed by atoms with van der Waals surface area (Å²) in [7, 11) is -3.72. The van der Waals surface area contributed by atoms with Gasteiger partial charge in [0.2, 0.25) is 15.9 Å². The van der Waals surface area contributed by atoms with Gasteiger partial charge >= 0.3 is 0 Å². The normalized spacial score (nSPS) is 20.3. The fraction of sp³-hybridized carbons (Fsp3) is 0.435. The first-order valence-corrected chi connectivity index (χ1v) is 12.1. The maximum atomic E-state index is 13.2. The number of carbonyl (C=O) groups is 1. The highest BCUT2D eigenvalue weighted by Gasteiger charge is 2.37. The van der Waals surface area contributed by atoms with Gasteiger partial charge in [-0.3, -0.25) is 4.79 Å². The fourth-order valence-corrected chi connectivity index (χ4v) is 5.91. The summed E-state index contributed by atoms with van der Waals surface area (Å²) in [5.74, 6) is -0.265. The number of aryl methyl sites for hydroxylation is 1. The van der Waals surface area contributed by atoms with Gasteiger partial charge < -0.3 is 10.2 Å². The Morgan fingerprint density at radius 2 is 1.53 bits per heavy atom. The second kappa shape index (κ2) is 8.78. The Labute approximate surface area is 178 Å². The molecule has 4 rings (SSSR count). The molecule has 160 valence electrons. The van der Waals surface area contributed by atoms with Gasteiger partial charge in [0.1, 0.15) is 6.04 Å². The van der Waals surface area contributed by atoms with Crippen LogP contribution in [0.25, 0.3) is 0 Å². The van der Waals surface area contributed by atoms with Crippen molar-refractivity contribution in [3.8, 4) is 0 Å². The minimum absolute atomic E-state index is 0.239. The lowest BCUT2D eigenvalue weighted by Crippen LogP contribution is -2.49. The largest absolute Gasteiger partial charge is 0.372 e. The number of carbonyl (C=O) groups excluding carboxylic acids is 1. The first-order valence-electron chi connectivity index (χ1n) is 10.7. The molecule has 2 aliphatic rings. The maximum absolute atomic E-state index is 13.2. The minimum atomic E-state index is -3.72. The molecule has 1 N–H and O–H groups in total. The van der Waals surface area contributed by atoms with Crippen LogP contribution in [0.15, 0.2) is 53.4 Å². The van der Waals surface area contributed by atoms with E-state index in [1.54, 1.807) is 24.3 Å². The molecule has 1 atom stereocenters. The zero-order chi connectivity index (χ0) is 21.1. The predicted molar refractivity (Wildman–Crippen MR) is 119 cm³/mol. The van der Waals surface area contributed by atoms with E-state index < -0.39 is 16.1 Å². The third kappa shape index (κ3) is 4.37. The van der Waals surface area contributed by atoms with E-state index in [-0.39, 0.29) is 10.8 Å². The molecule has 30 heavy (non-hydrogen) atoms. The highest BCUT2D eigenvalue weighted by atomic mass is 32.2. The van der Waals surface area contributed by atoms with Crippen LogP contribution in [0.4, 0.5) is 11.4 Å². The van der Waals surface area contributed by atoms with Crippen molar-refractivity contribution < 1.29 is 13.2 Å². The summed E-state index contributed by atoms with van der Waals surface area (Å²) in [6.07, 6.45) is 4.56. The van der Waals surface area contributed by atoms with E-state index in [1.165, 1.54) is 17.1 Å². The molecular weight excluding hydrogens is 398 g/mol. The summed E-state index contributed by atoms with van der Waals surface area (Å²) < 4.78 is 27.8. The number of piperidine rings is 1. The van der Waals surface area contributed by atoms with Crippen molar-refractivity contribution in [3.63, 3.8) is 0 Å². The Balaban J connectivity index is 1.49. The van der Waals surface area contributed by atoms with Gasteiger partial charge in [0.25, 0.3) is 0 Å². The monoisotopic (exact) mass is 427 g/mol. The third-order valence-corrected chi connectivity index (χ3v) is 7.91. The molecule has 0 aliphatic carbocycles. The van der Waals surface area contributed by atoms with E-state index >= 15 is 0 Å². The number of hydrogen-bond donors (Lipinski definition) is 1. The van der Waals surface area contributed by atoms with E-state index in [4.69, 9.17) is 0 Å². The topological polar surface area (TPSA) is 69.7 Å². The van der Waals surface area contributed by atoms with Crippen LogP contribution in [0.1, 0.15) is 37.7 Å². The van der Waals surface area contributed by atoms with E-state index in [9.17, 15) is 13.2 Å². The zero-order valence-corrected chi connectivity index (χ0v) is 18.2. The molecule has 1 amide bonds. The molecule has 2 heterocycles. The smallest absolute Gasteiger partial charge is 0.243 e. The molecule has 0 radical (unpaired) electrons. The van der Waals surface area contributed by atoms with E-state index in [0.29, 0.717) is 18.7 Å². The van der Waals surface area contributed by atoms with Crippen molar-refractivity contribution in [2.24, 2.45) is 0 Å². The van der Waals surface area contributed by atoms with Gasteiger partial charge in [-0.25, -0.2) is 8.42 Å². The zero-order valence-electron chi connectivity index (χ0n) is 17.4. The number of nitrogens with zero attached hydrogens (tertiary/aromatic N) is 2. The Morgan fingerprint density at radius 1 is 0.900 bits per heavy atom. The maximum Gasteiger partial charge on any atom is 0.243 e. The van der Waals surface area contributed by atoms with Crippen molar-refractivity contribution in [1.29, 1.82) is 0 Å². The summed E-state index contributed by atoms with van der Waals surface area (Å²) in [5, 5.41) is 2.93. The molecule has 1 unspecified atom stereocenters. The van der Waals surface area contributed by atoms with Crippen LogP contribution in [0, 0.1) is 6.92 Å². The van der Waals surface area contributed by atoms with Crippen molar-refractivity contribution in [1.82, 2.24) is 4.31 Å². The molecule has 0 aromatic heterocycles. The van der Waals surface area contributed by atoms with E-state index in [0.717, 1.165) is 37.2 Å². The number of rotatable bonds is 5. The fourth-order valence-electron chi connectivity index (χ4n) is 4.26. The van der Waals surface area contributed by atoms with Gasteiger partial charge in [-0.2, -0.15) is 4.31 Å². The summed E-state index contributed by atoms with van der Waals surface area (Å²) >= 11 is 0. The lowest BCUT2D eigenvalue weighted by atomic mass is 10.0. The molecular formula is C23H29N3O3S. The number of nitrogens with one attached hydrogen (secondary N) is 1. The van der Waals surface area contributed by atoms with Gasteiger partial charge in [0, 0.05) is 31.0 Å². The van der Waals surface area contributed by atoms with Crippen LogP contribution in [-0.2, 0) is 14.8 Å². The van der Waals surface area contributed by atoms with Gasteiger partial charge in [-0.15, -0.1) is 0 Å². The lowest BCUT2D eigenvalue weighted by Gasteiger charge is -2.33. The summed E-state index contributed by atoms with van der Waals surface area (Å²) in [6.45, 7) is 4.42. The van der Waals surface area contributed by atoms with E-state index in [2.05, 4.69) is 10.2 Å². The Kier molecular flexibility index (Phi) is 6.11. The van der Waals surface area contributed by atoms with Gasteiger partial charge in [0.15, 0.2) is 0 Å². The van der Waals surface area contributed by atoms with Crippen molar-refractivity contribution in [2.45, 2.75) is 50.0 Å². The van der Waals surface area contributed by atoms with Crippen LogP contribution in [0.3, 0.4) is 0 Å². The SMILES string of the molecule is Cc1ccc(S(=O)(=O)N2CCCCC2C(=O)Nc2ccc(N3CCCC3)cc2)cc1.